The molecule has 1 fully saturated rings. The van der Waals surface area contributed by atoms with Crippen molar-refractivity contribution < 1.29 is 14.3 Å². The third kappa shape index (κ3) is 5.70. The Morgan fingerprint density at radius 3 is 2.49 bits per heavy atom. The van der Waals surface area contributed by atoms with Crippen molar-refractivity contribution in [1.29, 1.82) is 0 Å². The second-order valence-electron chi connectivity index (χ2n) is 10.8. The molecule has 3 aromatic heterocycles. The van der Waals surface area contributed by atoms with Crippen molar-refractivity contribution in [3.8, 4) is 22.6 Å². The van der Waals surface area contributed by atoms with Crippen LogP contribution in [-0.2, 0) is 4.79 Å². The number of likely N-dealkylation sites (N-methyl/N-ethyl adjacent to an activating group) is 1. The average molecular weight is 648 g/mol. The molecule has 0 aliphatic carbocycles. The molecule has 5 aromatic rings. The van der Waals surface area contributed by atoms with Crippen LogP contribution in [0.15, 0.2) is 61.6 Å². The van der Waals surface area contributed by atoms with Crippen molar-refractivity contribution in [2.45, 2.75) is 12.5 Å². The van der Waals surface area contributed by atoms with Crippen LogP contribution in [0.25, 0.3) is 27.8 Å². The first-order chi connectivity index (χ1) is 21.7. The summed E-state index contributed by atoms with van der Waals surface area (Å²) in [5.74, 6) is 0.851. The van der Waals surface area contributed by atoms with Crippen LogP contribution in [-0.4, -0.2) is 77.6 Å². The Hall–Kier alpha value is -4.58. The van der Waals surface area contributed by atoms with Gasteiger partial charge in [-0.2, -0.15) is 4.98 Å². The molecule has 1 unspecified atom stereocenters. The van der Waals surface area contributed by atoms with E-state index in [1.165, 1.54) is 20.3 Å². The van der Waals surface area contributed by atoms with Crippen LogP contribution in [0.3, 0.4) is 0 Å². The SMILES string of the molecule is C=CC(=O)Nc1cc(N2CCC(N(C)C)C2)ccc1Nc1ncc2cc(-c3c(Cl)c(OC)cc(OC)c3Cl)c3nccn3c2n1. The number of benzene rings is 2. The summed E-state index contributed by atoms with van der Waals surface area (Å²) in [7, 11) is 7.25. The largest absolute Gasteiger partial charge is 0.495 e. The predicted octanol–water partition coefficient (Wildman–Crippen LogP) is 6.28. The normalized spacial score (nSPS) is 14.7. The van der Waals surface area contributed by atoms with Crippen LogP contribution in [0.2, 0.25) is 10.0 Å². The number of carbonyl (C=O) groups is 1. The number of aromatic nitrogens is 4. The van der Waals surface area contributed by atoms with E-state index >= 15 is 0 Å². The number of carbonyl (C=O) groups excluding carboxylic acids is 1. The summed E-state index contributed by atoms with van der Waals surface area (Å²) < 4.78 is 12.8. The molecule has 232 valence electrons. The Morgan fingerprint density at radius 2 is 1.82 bits per heavy atom. The van der Waals surface area contributed by atoms with Crippen LogP contribution < -0.4 is 25.0 Å². The lowest BCUT2D eigenvalue weighted by molar-refractivity contribution is -0.111. The molecule has 11 nitrogen and oxygen atoms in total. The van der Waals surface area contributed by atoms with E-state index in [2.05, 4.69) is 51.1 Å². The van der Waals surface area contributed by atoms with Gasteiger partial charge in [0.25, 0.3) is 0 Å². The van der Waals surface area contributed by atoms with E-state index in [4.69, 9.17) is 37.7 Å². The van der Waals surface area contributed by atoms with Crippen molar-refractivity contribution in [3.63, 3.8) is 0 Å². The number of pyridine rings is 1. The van der Waals surface area contributed by atoms with Gasteiger partial charge in [-0.3, -0.25) is 9.20 Å². The maximum absolute atomic E-state index is 12.4. The van der Waals surface area contributed by atoms with Crippen LogP contribution in [0, 0.1) is 0 Å². The Labute approximate surface area is 270 Å². The lowest BCUT2D eigenvalue weighted by Crippen LogP contribution is -2.31. The van der Waals surface area contributed by atoms with E-state index in [9.17, 15) is 4.79 Å². The highest BCUT2D eigenvalue weighted by molar-refractivity contribution is 6.41. The van der Waals surface area contributed by atoms with Crippen LogP contribution in [0.5, 0.6) is 11.5 Å². The number of methoxy groups -OCH3 is 2. The molecule has 2 N–H and O–H groups in total. The first-order valence-corrected chi connectivity index (χ1v) is 15.0. The molecule has 13 heteroatoms. The van der Waals surface area contributed by atoms with Crippen LogP contribution in [0.4, 0.5) is 23.0 Å². The van der Waals surface area contributed by atoms with Gasteiger partial charge in [-0.05, 0) is 50.9 Å². The van der Waals surface area contributed by atoms with Crippen LogP contribution in [0.1, 0.15) is 6.42 Å². The van der Waals surface area contributed by atoms with E-state index in [1.54, 1.807) is 24.7 Å². The molecule has 6 rings (SSSR count). The fourth-order valence-corrected chi connectivity index (χ4v) is 6.28. The van der Waals surface area contributed by atoms with Gasteiger partial charge in [0.15, 0.2) is 5.65 Å². The number of halogens is 2. The number of nitrogens with one attached hydrogen (secondary N) is 2. The molecule has 0 spiro atoms. The zero-order chi connectivity index (χ0) is 31.8. The molecular weight excluding hydrogens is 615 g/mol. The number of anilines is 4. The Kier molecular flexibility index (Phi) is 8.41. The molecule has 1 amide bonds. The maximum Gasteiger partial charge on any atom is 0.247 e. The Morgan fingerprint density at radius 1 is 1.07 bits per heavy atom. The topological polar surface area (TPSA) is 109 Å². The fourth-order valence-electron chi connectivity index (χ4n) is 5.58. The fraction of sp³-hybridized carbons (Fsp3) is 0.250. The minimum Gasteiger partial charge on any atom is -0.495 e. The van der Waals surface area contributed by atoms with Gasteiger partial charge in [-0.15, -0.1) is 0 Å². The summed E-state index contributed by atoms with van der Waals surface area (Å²) in [6.45, 7) is 5.44. The second-order valence-corrected chi connectivity index (χ2v) is 11.6. The number of amides is 1. The van der Waals surface area contributed by atoms with Crippen molar-refractivity contribution >= 4 is 68.8 Å². The summed E-state index contributed by atoms with van der Waals surface area (Å²) in [5, 5.41) is 7.58. The third-order valence-corrected chi connectivity index (χ3v) is 8.75. The predicted molar refractivity (Wildman–Crippen MR) is 180 cm³/mol. The van der Waals surface area contributed by atoms with Gasteiger partial charge in [0, 0.05) is 66.0 Å². The quantitative estimate of drug-likeness (QED) is 0.179. The van der Waals surface area contributed by atoms with Gasteiger partial charge >= 0.3 is 0 Å². The number of hydrogen-bond acceptors (Lipinski definition) is 9. The molecule has 1 saturated heterocycles. The Bertz CT molecular complexity index is 1920. The van der Waals surface area contributed by atoms with E-state index in [0.717, 1.165) is 30.6 Å². The monoisotopic (exact) mass is 646 g/mol. The molecular formula is C32H32Cl2N8O3. The average Bonchev–Trinajstić information content (AvgIpc) is 3.74. The molecule has 0 radical (unpaired) electrons. The minimum absolute atomic E-state index is 0.318. The summed E-state index contributed by atoms with van der Waals surface area (Å²) in [4.78, 5) is 30.9. The van der Waals surface area contributed by atoms with Crippen molar-refractivity contribution in [3.05, 3.63) is 71.6 Å². The molecule has 1 aliphatic heterocycles. The van der Waals surface area contributed by atoms with Crippen molar-refractivity contribution in [1.82, 2.24) is 24.3 Å². The molecule has 4 heterocycles. The number of rotatable bonds is 9. The van der Waals surface area contributed by atoms with Crippen molar-refractivity contribution in [2.75, 3.05) is 56.9 Å². The highest BCUT2D eigenvalue weighted by Crippen LogP contribution is 2.47. The number of fused-ring (bicyclic) bond motifs is 3. The highest BCUT2D eigenvalue weighted by Gasteiger charge is 2.25. The van der Waals surface area contributed by atoms with E-state index in [1.807, 2.05) is 28.7 Å². The van der Waals surface area contributed by atoms with E-state index in [-0.39, 0.29) is 5.91 Å². The van der Waals surface area contributed by atoms with Gasteiger partial charge in [0.05, 0.1) is 35.6 Å². The van der Waals surface area contributed by atoms with E-state index < -0.39 is 0 Å². The molecule has 2 aromatic carbocycles. The first-order valence-electron chi connectivity index (χ1n) is 14.2. The lowest BCUT2D eigenvalue weighted by atomic mass is 10.0. The van der Waals surface area contributed by atoms with Gasteiger partial charge in [-0.25, -0.2) is 9.97 Å². The number of hydrogen-bond donors (Lipinski definition) is 2. The zero-order valence-corrected chi connectivity index (χ0v) is 26.8. The van der Waals surface area contributed by atoms with E-state index in [0.29, 0.717) is 67.3 Å². The van der Waals surface area contributed by atoms with Gasteiger partial charge in [-0.1, -0.05) is 29.8 Å². The summed E-state index contributed by atoms with van der Waals surface area (Å²) in [6.07, 6.45) is 7.49. The van der Waals surface area contributed by atoms with Gasteiger partial charge in [0.2, 0.25) is 11.9 Å². The number of imidazole rings is 1. The van der Waals surface area contributed by atoms with Gasteiger partial charge in [0.1, 0.15) is 17.1 Å². The smallest absolute Gasteiger partial charge is 0.247 e. The minimum atomic E-state index is -0.318. The zero-order valence-electron chi connectivity index (χ0n) is 25.3. The summed E-state index contributed by atoms with van der Waals surface area (Å²) >= 11 is 13.5. The molecule has 45 heavy (non-hydrogen) atoms. The van der Waals surface area contributed by atoms with Gasteiger partial charge < -0.3 is 29.9 Å². The highest BCUT2D eigenvalue weighted by atomic mass is 35.5. The summed E-state index contributed by atoms with van der Waals surface area (Å²) in [6, 6.07) is 9.90. The summed E-state index contributed by atoms with van der Waals surface area (Å²) in [5.41, 5.74) is 4.61. The Balaban J connectivity index is 1.39. The lowest BCUT2D eigenvalue weighted by Gasteiger charge is -2.23. The molecule has 1 aliphatic rings. The van der Waals surface area contributed by atoms with Crippen LogP contribution >= 0.6 is 23.2 Å². The number of ether oxygens (including phenoxy) is 2. The molecule has 0 saturated carbocycles. The number of nitrogens with zero attached hydrogens (tertiary/aromatic N) is 6. The molecule has 0 bridgehead atoms. The first kappa shape index (κ1) is 30.4. The molecule has 1 atom stereocenters. The second kappa shape index (κ2) is 12.4. The van der Waals surface area contributed by atoms with Crippen molar-refractivity contribution in [2.24, 2.45) is 0 Å². The maximum atomic E-state index is 12.4. The third-order valence-electron chi connectivity index (χ3n) is 8.00. The standard InChI is InChI=1S/C32H32Cl2N8O3/c1-6-26(43)37-23-14-19(41-11-9-20(17-41)40(2)3)7-8-22(23)38-32-36-16-18-13-21(31-35-10-12-42(31)30(18)39-32)27-28(33)24(44-4)15-25(45-5)29(27)34/h6-8,10,12-16,20H,1,9,11,17H2,2-5H3,(H,37,43)(H,36,38,39).